The van der Waals surface area contributed by atoms with Crippen molar-refractivity contribution in [2.24, 2.45) is 11.8 Å². The predicted molar refractivity (Wildman–Crippen MR) is 98.5 cm³/mol. The molecule has 2 aliphatic rings. The fourth-order valence-corrected chi connectivity index (χ4v) is 5.35. The Balaban J connectivity index is 2.24. The number of carbonyl (C=O) groups is 1. The number of amides is 1. The van der Waals surface area contributed by atoms with Gasteiger partial charge in [-0.1, -0.05) is 6.92 Å². The molecule has 0 aromatic rings. The summed E-state index contributed by atoms with van der Waals surface area (Å²) in [7, 11) is 0. The minimum absolute atomic E-state index is 0.0427. The van der Waals surface area contributed by atoms with Crippen LogP contribution in [0.4, 0.5) is 4.79 Å². The third-order valence-corrected chi connectivity index (χ3v) is 5.63. The van der Waals surface area contributed by atoms with Crippen LogP contribution in [0.5, 0.6) is 0 Å². The van der Waals surface area contributed by atoms with Crippen LogP contribution in [0.25, 0.3) is 0 Å². The first-order valence-corrected chi connectivity index (χ1v) is 9.78. The van der Waals surface area contributed by atoms with Crippen molar-refractivity contribution in [2.45, 2.75) is 90.4 Å². The van der Waals surface area contributed by atoms with Crippen LogP contribution in [0.1, 0.15) is 73.6 Å². The Hall–Kier alpha value is -0.810. The van der Waals surface area contributed by atoms with Crippen LogP contribution >= 0.6 is 0 Å². The van der Waals surface area contributed by atoms with E-state index in [4.69, 9.17) is 9.47 Å². The Morgan fingerprint density at radius 1 is 1.28 bits per heavy atom. The normalized spacial score (nSPS) is 35.3. The minimum Gasteiger partial charge on any atom is -0.444 e. The van der Waals surface area contributed by atoms with Crippen molar-refractivity contribution < 1.29 is 19.4 Å². The first-order chi connectivity index (χ1) is 11.5. The molecule has 2 saturated carbocycles. The molecule has 0 aliphatic heterocycles. The van der Waals surface area contributed by atoms with Crippen LogP contribution in [-0.2, 0) is 9.47 Å². The number of aliphatic hydroxyl groups excluding tert-OH is 1. The zero-order chi connectivity index (χ0) is 18.9. The molecule has 5 heteroatoms. The largest absolute Gasteiger partial charge is 0.444 e. The van der Waals surface area contributed by atoms with Crippen LogP contribution < -0.4 is 0 Å². The molecule has 2 rings (SSSR count). The molecule has 0 heterocycles. The van der Waals surface area contributed by atoms with Crippen molar-refractivity contribution in [3.8, 4) is 0 Å². The fourth-order valence-electron chi connectivity index (χ4n) is 5.35. The Morgan fingerprint density at radius 2 is 1.96 bits per heavy atom. The summed E-state index contributed by atoms with van der Waals surface area (Å²) in [5.74, 6) is 1.18. The maximum Gasteiger partial charge on any atom is 0.410 e. The van der Waals surface area contributed by atoms with Crippen LogP contribution in [0.2, 0.25) is 0 Å². The van der Waals surface area contributed by atoms with Gasteiger partial charge in [0.05, 0.1) is 18.8 Å². The lowest BCUT2D eigenvalue weighted by Crippen LogP contribution is -2.61. The molecule has 25 heavy (non-hydrogen) atoms. The van der Waals surface area contributed by atoms with Crippen molar-refractivity contribution in [1.29, 1.82) is 0 Å². The molecular formula is C20H37NO4. The molecule has 0 radical (unpaired) electrons. The lowest BCUT2D eigenvalue weighted by atomic mass is 9.59. The summed E-state index contributed by atoms with van der Waals surface area (Å²) in [4.78, 5) is 14.7. The summed E-state index contributed by atoms with van der Waals surface area (Å²) in [6.45, 7) is 13.2. The van der Waals surface area contributed by atoms with E-state index in [0.29, 0.717) is 25.0 Å². The lowest BCUT2D eigenvalue weighted by molar-refractivity contribution is -0.159. The molecule has 2 aliphatic carbocycles. The van der Waals surface area contributed by atoms with E-state index in [1.807, 2.05) is 32.6 Å². The maximum absolute atomic E-state index is 12.8. The number of hydrogen-bond acceptors (Lipinski definition) is 4. The summed E-state index contributed by atoms with van der Waals surface area (Å²) in [6, 6.07) is 0. The highest BCUT2D eigenvalue weighted by Crippen LogP contribution is 2.52. The SMILES string of the molecule is CCN(C(=O)OC(C)(C)C)C1(C)CC2CC(C)CC(OCCO)(C2)C1. The number of ether oxygens (including phenoxy) is 2. The highest BCUT2D eigenvalue weighted by atomic mass is 16.6. The predicted octanol–water partition coefficient (Wildman–Crippen LogP) is 3.98. The zero-order valence-corrected chi connectivity index (χ0v) is 16.9. The van der Waals surface area contributed by atoms with Crippen LogP contribution in [0.3, 0.4) is 0 Å². The van der Waals surface area contributed by atoms with Gasteiger partial charge in [-0.2, -0.15) is 0 Å². The van der Waals surface area contributed by atoms with Crippen LogP contribution in [0, 0.1) is 11.8 Å². The monoisotopic (exact) mass is 355 g/mol. The summed E-state index contributed by atoms with van der Waals surface area (Å²) >= 11 is 0. The summed E-state index contributed by atoms with van der Waals surface area (Å²) in [5, 5.41) is 9.25. The molecule has 0 saturated heterocycles. The van der Waals surface area contributed by atoms with Gasteiger partial charge in [0.15, 0.2) is 0 Å². The second kappa shape index (κ2) is 7.43. The highest BCUT2D eigenvalue weighted by molar-refractivity contribution is 5.69. The highest BCUT2D eigenvalue weighted by Gasteiger charge is 2.53. The molecule has 2 fully saturated rings. The topological polar surface area (TPSA) is 59.0 Å². The van der Waals surface area contributed by atoms with Gasteiger partial charge in [-0.15, -0.1) is 0 Å². The van der Waals surface area contributed by atoms with Crippen molar-refractivity contribution in [3.05, 3.63) is 0 Å². The van der Waals surface area contributed by atoms with Gasteiger partial charge in [-0.05, 0) is 78.6 Å². The lowest BCUT2D eigenvalue weighted by Gasteiger charge is -2.56. The van der Waals surface area contributed by atoms with E-state index in [2.05, 4.69) is 13.8 Å². The number of nitrogens with zero attached hydrogens (tertiary/aromatic N) is 1. The molecule has 0 aromatic carbocycles. The summed E-state index contributed by atoms with van der Waals surface area (Å²) in [5.41, 5.74) is -0.992. The molecule has 2 bridgehead atoms. The van der Waals surface area contributed by atoms with E-state index in [-0.39, 0.29) is 23.8 Å². The van der Waals surface area contributed by atoms with Gasteiger partial charge in [0, 0.05) is 12.1 Å². The number of fused-ring (bicyclic) bond motifs is 2. The van der Waals surface area contributed by atoms with Gasteiger partial charge >= 0.3 is 6.09 Å². The van der Waals surface area contributed by atoms with E-state index in [0.717, 1.165) is 25.7 Å². The summed E-state index contributed by atoms with van der Waals surface area (Å²) in [6.07, 6.45) is 4.81. The molecule has 4 unspecified atom stereocenters. The molecule has 1 N–H and O–H groups in total. The van der Waals surface area contributed by atoms with Crippen molar-refractivity contribution in [2.75, 3.05) is 19.8 Å². The van der Waals surface area contributed by atoms with Gasteiger partial charge in [-0.25, -0.2) is 4.79 Å². The summed E-state index contributed by atoms with van der Waals surface area (Å²) < 4.78 is 11.9. The molecule has 5 nitrogen and oxygen atoms in total. The van der Waals surface area contributed by atoms with Crippen molar-refractivity contribution >= 4 is 6.09 Å². The molecule has 4 atom stereocenters. The van der Waals surface area contributed by atoms with Crippen LogP contribution in [-0.4, -0.2) is 52.6 Å². The Morgan fingerprint density at radius 3 is 2.52 bits per heavy atom. The Labute approximate surface area is 153 Å². The Kier molecular flexibility index (Phi) is 6.10. The average Bonchev–Trinajstić information content (AvgIpc) is 2.41. The van der Waals surface area contributed by atoms with Crippen LogP contribution in [0.15, 0.2) is 0 Å². The van der Waals surface area contributed by atoms with E-state index in [9.17, 15) is 9.90 Å². The first kappa shape index (κ1) is 20.5. The third kappa shape index (κ3) is 4.88. The van der Waals surface area contributed by atoms with E-state index < -0.39 is 5.60 Å². The first-order valence-electron chi connectivity index (χ1n) is 9.78. The average molecular weight is 356 g/mol. The Bertz CT molecular complexity index is 471. The van der Waals surface area contributed by atoms with Gasteiger partial charge in [0.25, 0.3) is 0 Å². The molecule has 0 aromatic heterocycles. The van der Waals surface area contributed by atoms with E-state index in [1.54, 1.807) is 0 Å². The number of hydrogen-bond donors (Lipinski definition) is 1. The fraction of sp³-hybridized carbons (Fsp3) is 0.950. The number of carbonyl (C=O) groups excluding carboxylic acids is 1. The molecular weight excluding hydrogens is 318 g/mol. The van der Waals surface area contributed by atoms with Crippen molar-refractivity contribution in [1.82, 2.24) is 4.90 Å². The molecule has 146 valence electrons. The maximum atomic E-state index is 12.8. The number of rotatable bonds is 5. The van der Waals surface area contributed by atoms with Gasteiger partial charge < -0.3 is 19.5 Å². The smallest absolute Gasteiger partial charge is 0.410 e. The zero-order valence-electron chi connectivity index (χ0n) is 16.9. The standard InChI is InChI=1S/C20H37NO4/c1-7-21(17(23)25-18(3,4)5)19(6)12-16-10-15(2)11-20(13-16,14-19)24-9-8-22/h15-16,22H,7-14H2,1-6H3. The van der Waals surface area contributed by atoms with Gasteiger partial charge in [-0.3, -0.25) is 0 Å². The van der Waals surface area contributed by atoms with Crippen molar-refractivity contribution in [3.63, 3.8) is 0 Å². The minimum atomic E-state index is -0.495. The third-order valence-electron chi connectivity index (χ3n) is 5.63. The van der Waals surface area contributed by atoms with E-state index in [1.165, 1.54) is 6.42 Å². The second-order valence-electron chi connectivity index (χ2n) is 9.47. The van der Waals surface area contributed by atoms with Gasteiger partial charge in [0.2, 0.25) is 0 Å². The van der Waals surface area contributed by atoms with E-state index >= 15 is 0 Å². The molecule has 0 spiro atoms. The van der Waals surface area contributed by atoms with Gasteiger partial charge in [0.1, 0.15) is 5.60 Å². The quantitative estimate of drug-likeness (QED) is 0.810. The second-order valence-corrected chi connectivity index (χ2v) is 9.47. The number of aliphatic hydroxyl groups is 1. The molecule has 1 amide bonds.